The number of fused-ring (bicyclic) bond motifs is 1. The zero-order valence-corrected chi connectivity index (χ0v) is 9.58. The summed E-state index contributed by atoms with van der Waals surface area (Å²) in [5.41, 5.74) is 9.36. The van der Waals surface area contributed by atoms with Gasteiger partial charge in [0, 0.05) is 12.6 Å². The van der Waals surface area contributed by atoms with Gasteiger partial charge in [0.15, 0.2) is 0 Å². The molecule has 1 aliphatic rings. The number of nitrogens with zero attached hydrogens (tertiary/aromatic N) is 1. The van der Waals surface area contributed by atoms with Crippen molar-refractivity contribution >= 4 is 5.69 Å². The summed E-state index contributed by atoms with van der Waals surface area (Å²) >= 11 is 0. The van der Waals surface area contributed by atoms with Crippen LogP contribution in [-0.2, 0) is 6.42 Å². The van der Waals surface area contributed by atoms with Gasteiger partial charge in [-0.15, -0.1) is 0 Å². The molecule has 15 heavy (non-hydrogen) atoms. The first-order valence-electron chi connectivity index (χ1n) is 5.30. The first-order valence-corrected chi connectivity index (χ1v) is 5.30. The quantitative estimate of drug-likeness (QED) is 0.712. The molecular formula is C12H18N2O. The molecule has 2 N–H and O–H groups in total. The number of rotatable bonds is 1. The normalized spacial score (nSPS) is 21.1. The summed E-state index contributed by atoms with van der Waals surface area (Å²) < 4.78 is 5.23. The van der Waals surface area contributed by atoms with E-state index in [-0.39, 0.29) is 0 Å². The van der Waals surface area contributed by atoms with E-state index in [0.717, 1.165) is 24.4 Å². The lowest BCUT2D eigenvalue weighted by atomic mass is 9.93. The Bertz CT molecular complexity index is 376. The molecule has 1 heterocycles. The van der Waals surface area contributed by atoms with Gasteiger partial charge in [0.2, 0.25) is 0 Å². The predicted molar refractivity (Wildman–Crippen MR) is 62.2 cm³/mol. The number of hydrogen-bond acceptors (Lipinski definition) is 3. The monoisotopic (exact) mass is 206 g/mol. The van der Waals surface area contributed by atoms with Crippen LogP contribution in [0.5, 0.6) is 5.75 Å². The molecule has 0 saturated heterocycles. The highest BCUT2D eigenvalue weighted by molar-refractivity contribution is 5.58. The average Bonchev–Trinajstić information content (AvgIpc) is 2.24. The molecule has 2 rings (SSSR count). The fourth-order valence-corrected chi connectivity index (χ4v) is 2.17. The van der Waals surface area contributed by atoms with Crippen LogP contribution >= 0.6 is 0 Å². The second kappa shape index (κ2) is 3.74. The second-order valence-corrected chi connectivity index (χ2v) is 4.20. The third-order valence-electron chi connectivity index (χ3n) is 3.34. The number of ether oxygens (including phenoxy) is 1. The van der Waals surface area contributed by atoms with Crippen LogP contribution in [0.15, 0.2) is 12.1 Å². The van der Waals surface area contributed by atoms with Gasteiger partial charge in [-0.05, 0) is 43.7 Å². The summed E-state index contributed by atoms with van der Waals surface area (Å²) in [6, 6.07) is 4.57. The highest BCUT2D eigenvalue weighted by Gasteiger charge is 2.22. The summed E-state index contributed by atoms with van der Waals surface area (Å²) in [5, 5.41) is 0. The highest BCUT2D eigenvalue weighted by Crippen LogP contribution is 2.34. The summed E-state index contributed by atoms with van der Waals surface area (Å²) in [6.07, 6.45) is 1.08. The lowest BCUT2D eigenvalue weighted by Crippen LogP contribution is -2.30. The molecule has 82 valence electrons. The van der Waals surface area contributed by atoms with Gasteiger partial charge < -0.3 is 10.5 Å². The van der Waals surface area contributed by atoms with E-state index in [1.54, 1.807) is 7.11 Å². The number of likely N-dealkylation sites (N-methyl/N-ethyl adjacent to an activating group) is 1. The fraction of sp³-hybridized carbons (Fsp3) is 0.500. The summed E-state index contributed by atoms with van der Waals surface area (Å²) in [7, 11) is 3.81. The second-order valence-electron chi connectivity index (χ2n) is 4.20. The predicted octanol–water partition coefficient (Wildman–Crippen LogP) is 1.83. The topological polar surface area (TPSA) is 38.5 Å². The molecule has 0 aromatic heterocycles. The van der Waals surface area contributed by atoms with Gasteiger partial charge in [0.1, 0.15) is 5.75 Å². The molecule has 0 saturated carbocycles. The van der Waals surface area contributed by atoms with Crippen molar-refractivity contribution in [3.8, 4) is 5.75 Å². The smallest absolute Gasteiger partial charge is 0.142 e. The SMILES string of the molecule is COc1cc2c(cc1N)[C@@H](C)N(C)CC2. The summed E-state index contributed by atoms with van der Waals surface area (Å²) in [5.74, 6) is 0.797. The fourth-order valence-electron chi connectivity index (χ4n) is 2.17. The minimum atomic E-state index is 0.446. The molecule has 0 bridgehead atoms. The standard InChI is InChI=1S/C12H18N2O/c1-8-10-7-11(13)12(15-3)6-9(10)4-5-14(8)2/h6-8H,4-5,13H2,1-3H3/t8-/m1/s1. The largest absolute Gasteiger partial charge is 0.495 e. The van der Waals surface area contributed by atoms with Crippen LogP contribution in [0.1, 0.15) is 24.1 Å². The van der Waals surface area contributed by atoms with E-state index in [2.05, 4.69) is 31.0 Å². The Morgan fingerprint density at radius 3 is 2.87 bits per heavy atom. The van der Waals surface area contributed by atoms with Crippen molar-refractivity contribution in [3.05, 3.63) is 23.3 Å². The maximum absolute atomic E-state index is 5.92. The Hall–Kier alpha value is -1.22. The van der Waals surface area contributed by atoms with Gasteiger partial charge in [-0.1, -0.05) is 0 Å². The molecule has 0 amide bonds. The molecule has 0 fully saturated rings. The van der Waals surface area contributed by atoms with Gasteiger partial charge in [0.05, 0.1) is 12.8 Å². The van der Waals surface area contributed by atoms with Gasteiger partial charge in [-0.25, -0.2) is 0 Å². The van der Waals surface area contributed by atoms with Crippen LogP contribution in [0.25, 0.3) is 0 Å². The van der Waals surface area contributed by atoms with E-state index in [0.29, 0.717) is 6.04 Å². The first-order chi connectivity index (χ1) is 7.13. The van der Waals surface area contributed by atoms with E-state index < -0.39 is 0 Å². The van der Waals surface area contributed by atoms with Crippen LogP contribution in [0.2, 0.25) is 0 Å². The number of nitrogen functional groups attached to an aromatic ring is 1. The van der Waals surface area contributed by atoms with Gasteiger partial charge >= 0.3 is 0 Å². The van der Waals surface area contributed by atoms with Crippen LogP contribution < -0.4 is 10.5 Å². The van der Waals surface area contributed by atoms with Crippen LogP contribution in [-0.4, -0.2) is 25.6 Å². The minimum Gasteiger partial charge on any atom is -0.495 e. The first kappa shape index (κ1) is 10.3. The summed E-state index contributed by atoms with van der Waals surface area (Å²) in [6.45, 7) is 3.31. The van der Waals surface area contributed by atoms with Crippen LogP contribution in [0, 0.1) is 0 Å². The molecule has 3 heteroatoms. The Balaban J connectivity index is 2.47. The molecule has 0 aliphatic carbocycles. The maximum atomic E-state index is 5.92. The van der Waals surface area contributed by atoms with Crippen molar-refractivity contribution in [1.29, 1.82) is 0 Å². The lowest BCUT2D eigenvalue weighted by Gasteiger charge is -2.32. The van der Waals surface area contributed by atoms with E-state index in [9.17, 15) is 0 Å². The van der Waals surface area contributed by atoms with Crippen molar-refractivity contribution < 1.29 is 4.74 Å². The Morgan fingerprint density at radius 1 is 1.47 bits per heavy atom. The van der Waals surface area contributed by atoms with E-state index in [1.165, 1.54) is 11.1 Å². The van der Waals surface area contributed by atoms with Gasteiger partial charge in [0.25, 0.3) is 0 Å². The molecule has 0 unspecified atom stereocenters. The van der Waals surface area contributed by atoms with Crippen molar-refractivity contribution in [2.45, 2.75) is 19.4 Å². The van der Waals surface area contributed by atoms with Crippen LogP contribution in [0.3, 0.4) is 0 Å². The molecule has 1 aliphatic heterocycles. The molecule has 0 radical (unpaired) electrons. The zero-order chi connectivity index (χ0) is 11.0. The molecule has 0 spiro atoms. The van der Waals surface area contributed by atoms with Crippen molar-refractivity contribution in [1.82, 2.24) is 4.90 Å². The molecular weight excluding hydrogens is 188 g/mol. The van der Waals surface area contributed by atoms with Crippen molar-refractivity contribution in [3.63, 3.8) is 0 Å². The molecule has 1 aromatic carbocycles. The van der Waals surface area contributed by atoms with Crippen molar-refractivity contribution in [2.24, 2.45) is 0 Å². The van der Waals surface area contributed by atoms with E-state index >= 15 is 0 Å². The number of nitrogens with two attached hydrogens (primary N) is 1. The zero-order valence-electron chi connectivity index (χ0n) is 9.58. The van der Waals surface area contributed by atoms with E-state index in [1.807, 2.05) is 0 Å². The Kier molecular flexibility index (Phi) is 2.57. The van der Waals surface area contributed by atoms with E-state index in [4.69, 9.17) is 10.5 Å². The molecule has 1 atom stereocenters. The van der Waals surface area contributed by atoms with Gasteiger partial charge in [-0.2, -0.15) is 0 Å². The number of hydrogen-bond donors (Lipinski definition) is 1. The van der Waals surface area contributed by atoms with Gasteiger partial charge in [-0.3, -0.25) is 4.90 Å². The summed E-state index contributed by atoms with van der Waals surface area (Å²) in [4.78, 5) is 2.34. The van der Waals surface area contributed by atoms with Crippen LogP contribution in [0.4, 0.5) is 5.69 Å². The number of methoxy groups -OCH3 is 1. The Morgan fingerprint density at radius 2 is 2.20 bits per heavy atom. The third-order valence-corrected chi connectivity index (χ3v) is 3.34. The maximum Gasteiger partial charge on any atom is 0.142 e. The molecule has 3 nitrogen and oxygen atoms in total. The number of benzene rings is 1. The number of anilines is 1. The lowest BCUT2D eigenvalue weighted by molar-refractivity contribution is 0.247. The minimum absolute atomic E-state index is 0.446. The van der Waals surface area contributed by atoms with Crippen molar-refractivity contribution in [2.75, 3.05) is 26.4 Å². The molecule has 1 aromatic rings. The Labute approximate surface area is 90.8 Å². The third kappa shape index (κ3) is 1.67. The highest BCUT2D eigenvalue weighted by atomic mass is 16.5. The average molecular weight is 206 g/mol.